The molecule has 36 heavy (non-hydrogen) atoms. The van der Waals surface area contributed by atoms with E-state index >= 15 is 0 Å². The van der Waals surface area contributed by atoms with Crippen molar-refractivity contribution in [2.75, 3.05) is 40.3 Å². The molecule has 196 valence electrons. The normalized spacial score (nSPS) is 16.1. The van der Waals surface area contributed by atoms with Gasteiger partial charge in [-0.05, 0) is 71.5 Å². The third-order valence-corrected chi connectivity index (χ3v) is 5.78. The van der Waals surface area contributed by atoms with Gasteiger partial charge >= 0.3 is 6.09 Å². The molecular weight excluding hydrogens is 460 g/mol. The lowest BCUT2D eigenvalue weighted by Crippen LogP contribution is -2.43. The first-order valence-electron chi connectivity index (χ1n) is 12.3. The third-order valence-electron chi connectivity index (χ3n) is 5.78. The molecule has 1 atom stereocenters. The first-order valence-corrected chi connectivity index (χ1v) is 12.3. The summed E-state index contributed by atoms with van der Waals surface area (Å²) in [6.07, 6.45) is 3.17. The number of benzene rings is 1. The molecule has 2 heterocycles. The van der Waals surface area contributed by atoms with Crippen molar-refractivity contribution in [3.63, 3.8) is 0 Å². The number of carbonyl (C=O) groups is 3. The Kier molecular flexibility index (Phi) is 9.08. The first kappa shape index (κ1) is 27.2. The molecule has 1 aromatic heterocycles. The Morgan fingerprint density at radius 1 is 1.08 bits per heavy atom. The number of carbonyl (C=O) groups excluding carboxylic acids is 3. The van der Waals surface area contributed by atoms with Crippen LogP contribution in [0.5, 0.6) is 0 Å². The van der Waals surface area contributed by atoms with Gasteiger partial charge in [0, 0.05) is 44.5 Å². The van der Waals surface area contributed by atoms with Gasteiger partial charge in [-0.1, -0.05) is 12.1 Å². The first-order chi connectivity index (χ1) is 17.0. The monoisotopic (exact) mass is 498 g/mol. The predicted molar refractivity (Wildman–Crippen MR) is 137 cm³/mol. The van der Waals surface area contributed by atoms with Crippen LogP contribution in [-0.2, 0) is 11.3 Å². The number of nitrogens with one attached hydrogen (secondary N) is 2. The fourth-order valence-corrected chi connectivity index (χ4v) is 3.87. The van der Waals surface area contributed by atoms with E-state index in [0.717, 1.165) is 24.9 Å². The maximum Gasteiger partial charge on any atom is 0.410 e. The van der Waals surface area contributed by atoms with Crippen molar-refractivity contribution in [2.45, 2.75) is 51.8 Å². The summed E-state index contributed by atoms with van der Waals surface area (Å²) >= 11 is 0. The number of hydrogen-bond donors (Lipinski definition) is 2. The van der Waals surface area contributed by atoms with Crippen LogP contribution in [-0.4, -0.2) is 83.4 Å². The van der Waals surface area contributed by atoms with Crippen molar-refractivity contribution in [1.29, 1.82) is 0 Å². The summed E-state index contributed by atoms with van der Waals surface area (Å²) in [7, 11) is 3.91. The van der Waals surface area contributed by atoms with Gasteiger partial charge in [0.15, 0.2) is 0 Å². The molecule has 0 radical (unpaired) electrons. The molecule has 1 aromatic carbocycles. The molecule has 1 aliphatic heterocycles. The minimum atomic E-state index is -0.542. The van der Waals surface area contributed by atoms with Gasteiger partial charge in [-0.3, -0.25) is 14.3 Å². The molecule has 0 spiro atoms. The van der Waals surface area contributed by atoms with Gasteiger partial charge in [-0.15, -0.1) is 0 Å². The maximum atomic E-state index is 12.7. The minimum Gasteiger partial charge on any atom is -0.444 e. The number of amides is 3. The SMILES string of the molecule is CN(C)CCNC(=O)c1ccc(CNC(=O)c2ccn(C3CCCN(C(=O)OC(C)(C)C)C3)n2)cc1. The number of ether oxygens (including phenoxy) is 1. The summed E-state index contributed by atoms with van der Waals surface area (Å²) in [4.78, 5) is 41.0. The lowest BCUT2D eigenvalue weighted by Gasteiger charge is -2.34. The number of likely N-dealkylation sites (N-methyl/N-ethyl adjacent to an activating group) is 1. The van der Waals surface area contributed by atoms with E-state index in [1.165, 1.54) is 0 Å². The van der Waals surface area contributed by atoms with Crippen LogP contribution in [0.1, 0.15) is 66.1 Å². The molecular formula is C26H38N6O4. The average molecular weight is 499 g/mol. The molecule has 2 aromatic rings. The van der Waals surface area contributed by atoms with E-state index in [1.807, 2.05) is 51.9 Å². The van der Waals surface area contributed by atoms with Crippen LogP contribution in [0.4, 0.5) is 4.79 Å². The molecule has 10 heteroatoms. The topological polar surface area (TPSA) is 109 Å². The third kappa shape index (κ3) is 8.08. The number of nitrogens with zero attached hydrogens (tertiary/aromatic N) is 4. The van der Waals surface area contributed by atoms with Crippen LogP contribution in [0.25, 0.3) is 0 Å². The average Bonchev–Trinajstić information content (AvgIpc) is 3.32. The summed E-state index contributed by atoms with van der Waals surface area (Å²) < 4.78 is 7.25. The van der Waals surface area contributed by atoms with Crippen LogP contribution in [0.3, 0.4) is 0 Å². The van der Waals surface area contributed by atoms with Gasteiger partial charge in [0.1, 0.15) is 11.3 Å². The Morgan fingerprint density at radius 3 is 2.47 bits per heavy atom. The summed E-state index contributed by atoms with van der Waals surface area (Å²) in [6.45, 7) is 8.37. The van der Waals surface area contributed by atoms with E-state index in [2.05, 4.69) is 15.7 Å². The van der Waals surface area contributed by atoms with Crippen molar-refractivity contribution >= 4 is 17.9 Å². The van der Waals surface area contributed by atoms with E-state index in [-0.39, 0.29) is 23.9 Å². The standard InChI is InChI=1S/C26H38N6O4/c1-26(2,3)36-25(35)31-14-6-7-21(18-31)32-15-12-22(29-32)24(34)28-17-19-8-10-20(11-9-19)23(33)27-13-16-30(4)5/h8-12,15,21H,6-7,13-14,16-18H2,1-5H3,(H,27,33)(H,28,34). The molecule has 0 bridgehead atoms. The molecule has 1 fully saturated rings. The Labute approximate surface area is 213 Å². The van der Waals surface area contributed by atoms with Crippen molar-refractivity contribution in [3.8, 4) is 0 Å². The van der Waals surface area contributed by atoms with Gasteiger partial charge in [0.2, 0.25) is 0 Å². The molecule has 0 saturated carbocycles. The van der Waals surface area contributed by atoms with Gasteiger partial charge < -0.3 is 25.2 Å². The van der Waals surface area contributed by atoms with Crippen LogP contribution >= 0.6 is 0 Å². The highest BCUT2D eigenvalue weighted by molar-refractivity contribution is 5.94. The van der Waals surface area contributed by atoms with Gasteiger partial charge in [0.05, 0.1) is 6.04 Å². The lowest BCUT2D eigenvalue weighted by atomic mass is 10.1. The number of hydrogen-bond acceptors (Lipinski definition) is 6. The number of aromatic nitrogens is 2. The second-order valence-electron chi connectivity index (χ2n) is 10.3. The molecule has 1 aliphatic rings. The zero-order valence-electron chi connectivity index (χ0n) is 21.9. The van der Waals surface area contributed by atoms with Crippen molar-refractivity contribution in [3.05, 3.63) is 53.3 Å². The van der Waals surface area contributed by atoms with Crippen LogP contribution in [0.2, 0.25) is 0 Å². The van der Waals surface area contributed by atoms with Crippen molar-refractivity contribution in [2.24, 2.45) is 0 Å². The fraction of sp³-hybridized carbons (Fsp3) is 0.538. The minimum absolute atomic E-state index is 0.00997. The summed E-state index contributed by atoms with van der Waals surface area (Å²) in [5, 5.41) is 10.2. The second kappa shape index (κ2) is 12.0. The number of piperidine rings is 1. The van der Waals surface area contributed by atoms with E-state index in [9.17, 15) is 14.4 Å². The van der Waals surface area contributed by atoms with Gasteiger partial charge in [-0.2, -0.15) is 5.10 Å². The molecule has 0 aliphatic carbocycles. The molecule has 2 N–H and O–H groups in total. The van der Waals surface area contributed by atoms with E-state index in [4.69, 9.17) is 4.74 Å². The molecule has 10 nitrogen and oxygen atoms in total. The summed E-state index contributed by atoms with van der Waals surface area (Å²) in [6, 6.07) is 8.83. The maximum absolute atomic E-state index is 12.7. The fourth-order valence-electron chi connectivity index (χ4n) is 3.87. The zero-order chi connectivity index (χ0) is 26.3. The summed E-state index contributed by atoms with van der Waals surface area (Å²) in [5.41, 5.74) is 1.24. The van der Waals surface area contributed by atoms with Gasteiger partial charge in [0.25, 0.3) is 11.8 Å². The zero-order valence-corrected chi connectivity index (χ0v) is 21.9. The predicted octanol–water partition coefficient (Wildman–Crippen LogP) is 2.68. The van der Waals surface area contributed by atoms with Crippen molar-refractivity contribution in [1.82, 2.24) is 30.2 Å². The van der Waals surface area contributed by atoms with E-state index in [1.54, 1.807) is 34.0 Å². The van der Waals surface area contributed by atoms with Crippen LogP contribution < -0.4 is 10.6 Å². The van der Waals surface area contributed by atoms with E-state index in [0.29, 0.717) is 37.4 Å². The second-order valence-corrected chi connectivity index (χ2v) is 10.3. The highest BCUT2D eigenvalue weighted by Gasteiger charge is 2.29. The quantitative estimate of drug-likeness (QED) is 0.579. The van der Waals surface area contributed by atoms with Gasteiger partial charge in [-0.25, -0.2) is 4.79 Å². The Bertz CT molecular complexity index is 1040. The van der Waals surface area contributed by atoms with E-state index < -0.39 is 5.60 Å². The molecule has 3 amide bonds. The Balaban J connectivity index is 1.50. The Hall–Kier alpha value is -3.40. The summed E-state index contributed by atoms with van der Waals surface area (Å²) in [5.74, 6) is -0.398. The number of rotatable bonds is 8. The largest absolute Gasteiger partial charge is 0.444 e. The van der Waals surface area contributed by atoms with Crippen LogP contribution in [0, 0.1) is 0 Å². The number of likely N-dealkylation sites (tertiary alicyclic amines) is 1. The molecule has 3 rings (SSSR count). The lowest BCUT2D eigenvalue weighted by molar-refractivity contribution is 0.0167. The van der Waals surface area contributed by atoms with Crippen molar-refractivity contribution < 1.29 is 19.1 Å². The Morgan fingerprint density at radius 2 is 1.81 bits per heavy atom. The smallest absolute Gasteiger partial charge is 0.410 e. The van der Waals surface area contributed by atoms with Crippen LogP contribution in [0.15, 0.2) is 36.5 Å². The highest BCUT2D eigenvalue weighted by atomic mass is 16.6. The highest BCUT2D eigenvalue weighted by Crippen LogP contribution is 2.23. The molecule has 1 saturated heterocycles. The molecule has 1 unspecified atom stereocenters.